The Balaban J connectivity index is 1.97. The van der Waals surface area contributed by atoms with E-state index < -0.39 is 0 Å². The summed E-state index contributed by atoms with van der Waals surface area (Å²) in [5, 5.41) is 3.38. The molecule has 0 aliphatic rings. The quantitative estimate of drug-likeness (QED) is 0.701. The maximum absolute atomic E-state index is 5.60. The van der Waals surface area contributed by atoms with Crippen LogP contribution < -0.4 is 5.32 Å². The molecular formula is C14H22BrNO. The minimum Gasteiger partial charge on any atom is -0.375 e. The molecule has 2 nitrogen and oxygen atoms in total. The maximum atomic E-state index is 5.60. The Hall–Kier alpha value is -0.380. The van der Waals surface area contributed by atoms with E-state index in [0.717, 1.165) is 24.2 Å². The number of ether oxygens (including phenoxy) is 1. The van der Waals surface area contributed by atoms with Crippen LogP contribution in [0, 0.1) is 0 Å². The first kappa shape index (κ1) is 14.7. The summed E-state index contributed by atoms with van der Waals surface area (Å²) >= 11 is 3.45. The van der Waals surface area contributed by atoms with Gasteiger partial charge in [-0.2, -0.15) is 0 Å². The molecule has 96 valence electrons. The summed E-state index contributed by atoms with van der Waals surface area (Å²) in [4.78, 5) is 0. The Labute approximate surface area is 113 Å². The summed E-state index contributed by atoms with van der Waals surface area (Å²) in [6, 6.07) is 8.23. The lowest BCUT2D eigenvalue weighted by Crippen LogP contribution is -2.20. The molecule has 0 amide bonds. The Bertz CT molecular complexity index is 304. The van der Waals surface area contributed by atoms with Crippen molar-refractivity contribution in [2.24, 2.45) is 0 Å². The fourth-order valence-electron chi connectivity index (χ4n) is 1.59. The van der Waals surface area contributed by atoms with Gasteiger partial charge in [0.2, 0.25) is 0 Å². The number of hydrogen-bond donors (Lipinski definition) is 1. The Kier molecular flexibility index (Phi) is 8.32. The molecule has 1 aromatic rings. The van der Waals surface area contributed by atoms with Crippen molar-refractivity contribution >= 4 is 15.9 Å². The Morgan fingerprint density at radius 3 is 2.88 bits per heavy atom. The molecule has 0 aromatic heterocycles. The summed E-state index contributed by atoms with van der Waals surface area (Å²) in [6.45, 7) is 5.74. The molecule has 0 bridgehead atoms. The summed E-state index contributed by atoms with van der Waals surface area (Å²) in [5.74, 6) is 0. The zero-order valence-corrected chi connectivity index (χ0v) is 12.1. The van der Waals surface area contributed by atoms with Gasteiger partial charge in [-0.05, 0) is 30.7 Å². The van der Waals surface area contributed by atoms with Crippen LogP contribution in [0.2, 0.25) is 0 Å². The van der Waals surface area contributed by atoms with Crippen LogP contribution >= 0.6 is 15.9 Å². The number of halogens is 1. The predicted octanol–water partition coefficient (Wildman–Crippen LogP) is 3.75. The second-order valence-electron chi connectivity index (χ2n) is 4.14. The molecule has 0 atom stereocenters. The van der Waals surface area contributed by atoms with Crippen LogP contribution in [0.4, 0.5) is 0 Å². The normalized spacial score (nSPS) is 10.7. The van der Waals surface area contributed by atoms with Crippen molar-refractivity contribution in [2.75, 3.05) is 19.7 Å². The highest BCUT2D eigenvalue weighted by Gasteiger charge is 1.94. The minimum atomic E-state index is 0.691. The van der Waals surface area contributed by atoms with Gasteiger partial charge in [0.1, 0.15) is 0 Å². The predicted molar refractivity (Wildman–Crippen MR) is 76.2 cm³/mol. The van der Waals surface area contributed by atoms with Crippen LogP contribution in [0.25, 0.3) is 0 Å². The number of hydrogen-bond acceptors (Lipinski definition) is 2. The van der Waals surface area contributed by atoms with E-state index in [1.165, 1.54) is 24.8 Å². The first-order valence-corrected chi connectivity index (χ1v) is 7.15. The maximum Gasteiger partial charge on any atom is 0.0717 e. The lowest BCUT2D eigenvalue weighted by molar-refractivity contribution is 0.122. The van der Waals surface area contributed by atoms with Crippen molar-refractivity contribution in [3.8, 4) is 0 Å². The molecule has 0 spiro atoms. The van der Waals surface area contributed by atoms with Gasteiger partial charge in [0, 0.05) is 11.0 Å². The van der Waals surface area contributed by atoms with Crippen molar-refractivity contribution < 1.29 is 4.74 Å². The van der Waals surface area contributed by atoms with E-state index >= 15 is 0 Å². The molecule has 0 unspecified atom stereocenters. The highest BCUT2D eigenvalue weighted by molar-refractivity contribution is 9.10. The average Bonchev–Trinajstić information content (AvgIpc) is 2.33. The Morgan fingerprint density at radius 2 is 2.12 bits per heavy atom. The molecule has 0 saturated heterocycles. The second-order valence-corrected chi connectivity index (χ2v) is 5.06. The van der Waals surface area contributed by atoms with Crippen LogP contribution in [0.1, 0.15) is 31.7 Å². The SMILES string of the molecule is CCCCCNCCOCc1cccc(Br)c1. The molecule has 0 saturated carbocycles. The third-order valence-electron chi connectivity index (χ3n) is 2.54. The van der Waals surface area contributed by atoms with Gasteiger partial charge < -0.3 is 10.1 Å². The van der Waals surface area contributed by atoms with Gasteiger partial charge in [-0.1, -0.05) is 47.8 Å². The van der Waals surface area contributed by atoms with E-state index in [9.17, 15) is 0 Å². The molecule has 0 aliphatic carbocycles. The Morgan fingerprint density at radius 1 is 1.24 bits per heavy atom. The highest BCUT2D eigenvalue weighted by atomic mass is 79.9. The fourth-order valence-corrected chi connectivity index (χ4v) is 2.03. The number of nitrogens with one attached hydrogen (secondary N) is 1. The zero-order valence-electron chi connectivity index (χ0n) is 10.5. The molecular weight excluding hydrogens is 278 g/mol. The van der Waals surface area contributed by atoms with Crippen LogP contribution in [-0.2, 0) is 11.3 Å². The molecule has 1 N–H and O–H groups in total. The van der Waals surface area contributed by atoms with Gasteiger partial charge >= 0.3 is 0 Å². The van der Waals surface area contributed by atoms with Crippen molar-refractivity contribution in [1.29, 1.82) is 0 Å². The monoisotopic (exact) mass is 299 g/mol. The van der Waals surface area contributed by atoms with Crippen molar-refractivity contribution in [1.82, 2.24) is 5.32 Å². The lowest BCUT2D eigenvalue weighted by atomic mass is 10.2. The summed E-state index contributed by atoms with van der Waals surface area (Å²) in [7, 11) is 0. The van der Waals surface area contributed by atoms with Crippen LogP contribution in [-0.4, -0.2) is 19.7 Å². The third kappa shape index (κ3) is 7.53. The molecule has 0 aliphatic heterocycles. The topological polar surface area (TPSA) is 21.3 Å². The summed E-state index contributed by atoms with van der Waals surface area (Å²) in [6.07, 6.45) is 3.86. The van der Waals surface area contributed by atoms with Crippen molar-refractivity contribution in [3.05, 3.63) is 34.3 Å². The first-order valence-electron chi connectivity index (χ1n) is 6.36. The molecule has 1 rings (SSSR count). The number of unbranched alkanes of at least 4 members (excludes halogenated alkanes) is 2. The van der Waals surface area contributed by atoms with Gasteiger partial charge in [0.15, 0.2) is 0 Å². The van der Waals surface area contributed by atoms with Gasteiger partial charge in [-0.3, -0.25) is 0 Å². The average molecular weight is 300 g/mol. The van der Waals surface area contributed by atoms with Crippen LogP contribution in [0.3, 0.4) is 0 Å². The summed E-state index contributed by atoms with van der Waals surface area (Å²) in [5.41, 5.74) is 1.21. The van der Waals surface area contributed by atoms with Gasteiger partial charge in [0.05, 0.1) is 13.2 Å². The van der Waals surface area contributed by atoms with E-state index in [-0.39, 0.29) is 0 Å². The molecule has 0 radical (unpaired) electrons. The number of rotatable bonds is 9. The largest absolute Gasteiger partial charge is 0.375 e. The van der Waals surface area contributed by atoms with E-state index in [1.807, 2.05) is 12.1 Å². The molecule has 0 fully saturated rings. The number of benzene rings is 1. The van der Waals surface area contributed by atoms with E-state index in [1.54, 1.807) is 0 Å². The molecule has 1 aromatic carbocycles. The third-order valence-corrected chi connectivity index (χ3v) is 3.03. The molecule has 17 heavy (non-hydrogen) atoms. The summed E-state index contributed by atoms with van der Waals surface area (Å²) < 4.78 is 6.71. The zero-order chi connectivity index (χ0) is 12.3. The fraction of sp³-hybridized carbons (Fsp3) is 0.571. The van der Waals surface area contributed by atoms with Gasteiger partial charge in [0.25, 0.3) is 0 Å². The van der Waals surface area contributed by atoms with Gasteiger partial charge in [-0.25, -0.2) is 0 Å². The smallest absolute Gasteiger partial charge is 0.0717 e. The molecule has 0 heterocycles. The van der Waals surface area contributed by atoms with Crippen LogP contribution in [0.15, 0.2) is 28.7 Å². The van der Waals surface area contributed by atoms with E-state index in [4.69, 9.17) is 4.74 Å². The van der Waals surface area contributed by atoms with Crippen molar-refractivity contribution in [3.63, 3.8) is 0 Å². The van der Waals surface area contributed by atoms with E-state index in [2.05, 4.69) is 40.3 Å². The second kappa shape index (κ2) is 9.63. The lowest BCUT2D eigenvalue weighted by Gasteiger charge is -2.06. The minimum absolute atomic E-state index is 0.691. The highest BCUT2D eigenvalue weighted by Crippen LogP contribution is 2.12. The molecule has 3 heteroatoms. The van der Waals surface area contributed by atoms with Crippen molar-refractivity contribution in [2.45, 2.75) is 32.8 Å². The van der Waals surface area contributed by atoms with E-state index in [0.29, 0.717) is 6.61 Å². The van der Waals surface area contributed by atoms with Crippen LogP contribution in [0.5, 0.6) is 0 Å². The standard InChI is InChI=1S/C14H22BrNO/c1-2-3-4-8-16-9-10-17-12-13-6-5-7-14(15)11-13/h5-7,11,16H,2-4,8-10,12H2,1H3. The first-order chi connectivity index (χ1) is 8.33. The van der Waals surface area contributed by atoms with Gasteiger partial charge in [-0.15, -0.1) is 0 Å².